The number of terminal acetylenes is 1. The van der Waals surface area contributed by atoms with E-state index in [0.29, 0.717) is 6.04 Å². The van der Waals surface area contributed by atoms with Gasteiger partial charge in [0, 0.05) is 22.5 Å². The highest BCUT2D eigenvalue weighted by atomic mass is 79.9. The summed E-state index contributed by atoms with van der Waals surface area (Å²) in [6, 6.07) is 6.70. The second-order valence-electron chi connectivity index (χ2n) is 4.84. The van der Waals surface area contributed by atoms with Crippen molar-refractivity contribution in [2.75, 3.05) is 13.2 Å². The Balaban J connectivity index is 1.96. The fourth-order valence-corrected chi connectivity index (χ4v) is 2.73. The van der Waals surface area contributed by atoms with Gasteiger partial charge in [-0.15, -0.1) is 12.3 Å². The topological polar surface area (TPSA) is 21.3 Å². The molecule has 2 rings (SSSR count). The second kappa shape index (κ2) is 7.57. The summed E-state index contributed by atoms with van der Waals surface area (Å²) in [5.74, 6) is 3.69. The average Bonchev–Trinajstić information content (AvgIpc) is 2.60. The minimum atomic E-state index is 0.399. The van der Waals surface area contributed by atoms with Crippen molar-refractivity contribution in [2.24, 2.45) is 0 Å². The van der Waals surface area contributed by atoms with E-state index in [-0.39, 0.29) is 0 Å². The minimum Gasteiger partial charge on any atom is -0.493 e. The van der Waals surface area contributed by atoms with Gasteiger partial charge in [-0.2, -0.15) is 0 Å². The van der Waals surface area contributed by atoms with Gasteiger partial charge in [0.15, 0.2) is 0 Å². The zero-order valence-corrected chi connectivity index (χ0v) is 12.7. The van der Waals surface area contributed by atoms with E-state index in [0.717, 1.165) is 55.5 Å². The lowest BCUT2D eigenvalue weighted by Crippen LogP contribution is -2.22. The molecule has 1 aromatic carbocycles. The Morgan fingerprint density at radius 1 is 1.42 bits per heavy atom. The summed E-state index contributed by atoms with van der Waals surface area (Å²) < 4.78 is 6.88. The van der Waals surface area contributed by atoms with Crippen molar-refractivity contribution in [2.45, 2.75) is 38.1 Å². The van der Waals surface area contributed by atoms with Crippen LogP contribution >= 0.6 is 15.9 Å². The third-order valence-electron chi connectivity index (χ3n) is 3.38. The highest BCUT2D eigenvalue weighted by Crippen LogP contribution is 2.33. The van der Waals surface area contributed by atoms with Crippen LogP contribution in [0, 0.1) is 12.3 Å². The molecule has 3 heteroatoms. The van der Waals surface area contributed by atoms with Crippen molar-refractivity contribution >= 4 is 15.9 Å². The Labute approximate surface area is 124 Å². The molecule has 2 nitrogen and oxygen atoms in total. The SMILES string of the molecule is C#CCCCCNC1CCCOc2cc(Br)ccc21. The lowest BCUT2D eigenvalue weighted by Gasteiger charge is -2.18. The highest BCUT2D eigenvalue weighted by Gasteiger charge is 2.19. The van der Waals surface area contributed by atoms with Crippen LogP contribution in [0.3, 0.4) is 0 Å². The average molecular weight is 322 g/mol. The van der Waals surface area contributed by atoms with E-state index in [1.165, 1.54) is 5.56 Å². The predicted molar refractivity (Wildman–Crippen MR) is 82.3 cm³/mol. The van der Waals surface area contributed by atoms with Gasteiger partial charge < -0.3 is 10.1 Å². The standard InChI is InChI=1S/C16H20BrNO/c1-2-3-4-5-10-18-15-7-6-11-19-16-12-13(17)8-9-14(15)16/h1,8-9,12,15,18H,3-7,10-11H2. The first kappa shape index (κ1) is 14.4. The highest BCUT2D eigenvalue weighted by molar-refractivity contribution is 9.10. The number of nitrogens with one attached hydrogen (secondary N) is 1. The van der Waals surface area contributed by atoms with E-state index in [9.17, 15) is 0 Å². The zero-order chi connectivity index (χ0) is 13.5. The molecule has 1 atom stereocenters. The Morgan fingerprint density at radius 3 is 3.16 bits per heavy atom. The van der Waals surface area contributed by atoms with Gasteiger partial charge in [0.1, 0.15) is 5.75 Å². The monoisotopic (exact) mass is 321 g/mol. The Kier molecular flexibility index (Phi) is 5.75. The third kappa shape index (κ3) is 4.26. The number of ether oxygens (including phenoxy) is 1. The van der Waals surface area contributed by atoms with Crippen molar-refractivity contribution in [1.29, 1.82) is 0 Å². The van der Waals surface area contributed by atoms with Crippen LogP contribution < -0.4 is 10.1 Å². The molecule has 1 aliphatic heterocycles. The molecule has 19 heavy (non-hydrogen) atoms. The lowest BCUT2D eigenvalue weighted by molar-refractivity contribution is 0.315. The third-order valence-corrected chi connectivity index (χ3v) is 3.88. The summed E-state index contributed by atoms with van der Waals surface area (Å²) in [7, 11) is 0. The molecule has 1 aliphatic rings. The first-order valence-electron chi connectivity index (χ1n) is 6.90. The molecule has 0 saturated carbocycles. The van der Waals surface area contributed by atoms with Gasteiger partial charge >= 0.3 is 0 Å². The largest absolute Gasteiger partial charge is 0.493 e. The number of unbranched alkanes of at least 4 members (excludes halogenated alkanes) is 2. The van der Waals surface area contributed by atoms with Gasteiger partial charge in [0.2, 0.25) is 0 Å². The molecule has 0 fully saturated rings. The van der Waals surface area contributed by atoms with Crippen molar-refractivity contribution in [3.63, 3.8) is 0 Å². The van der Waals surface area contributed by atoms with Crippen LogP contribution in [-0.4, -0.2) is 13.2 Å². The van der Waals surface area contributed by atoms with Gasteiger partial charge in [-0.25, -0.2) is 0 Å². The van der Waals surface area contributed by atoms with Crippen LogP contribution in [0.15, 0.2) is 22.7 Å². The summed E-state index contributed by atoms with van der Waals surface area (Å²) in [5, 5.41) is 3.63. The Hall–Kier alpha value is -0.980. The number of hydrogen-bond acceptors (Lipinski definition) is 2. The van der Waals surface area contributed by atoms with E-state index >= 15 is 0 Å². The smallest absolute Gasteiger partial charge is 0.125 e. The molecule has 0 bridgehead atoms. The van der Waals surface area contributed by atoms with E-state index in [4.69, 9.17) is 11.2 Å². The van der Waals surface area contributed by atoms with Crippen molar-refractivity contribution < 1.29 is 4.74 Å². The summed E-state index contributed by atoms with van der Waals surface area (Å²) in [5.41, 5.74) is 1.28. The van der Waals surface area contributed by atoms with Crippen molar-refractivity contribution in [3.8, 4) is 18.1 Å². The first-order valence-corrected chi connectivity index (χ1v) is 7.69. The molecule has 0 saturated heterocycles. The van der Waals surface area contributed by atoms with Crippen LogP contribution in [0.25, 0.3) is 0 Å². The molecular formula is C16H20BrNO. The summed E-state index contributed by atoms with van der Waals surface area (Å²) in [4.78, 5) is 0. The van der Waals surface area contributed by atoms with Gasteiger partial charge in [0.05, 0.1) is 6.61 Å². The molecule has 0 amide bonds. The van der Waals surface area contributed by atoms with Crippen molar-refractivity contribution in [3.05, 3.63) is 28.2 Å². The molecule has 0 radical (unpaired) electrons. The second-order valence-corrected chi connectivity index (χ2v) is 5.76. The van der Waals surface area contributed by atoms with Gasteiger partial charge in [-0.3, -0.25) is 0 Å². The summed E-state index contributed by atoms with van der Waals surface area (Å²) >= 11 is 3.50. The van der Waals surface area contributed by atoms with Crippen LogP contribution in [-0.2, 0) is 0 Å². The summed E-state index contributed by atoms with van der Waals surface area (Å²) in [6.07, 6.45) is 10.6. The maximum atomic E-state index is 5.81. The van der Waals surface area contributed by atoms with Crippen LogP contribution in [0.2, 0.25) is 0 Å². The maximum absolute atomic E-state index is 5.81. The van der Waals surface area contributed by atoms with Crippen LogP contribution in [0.5, 0.6) is 5.75 Å². The van der Waals surface area contributed by atoms with Crippen LogP contribution in [0.1, 0.15) is 43.7 Å². The fraction of sp³-hybridized carbons (Fsp3) is 0.500. The predicted octanol–water partition coefficient (Wildman–Crippen LogP) is 4.06. The number of hydrogen-bond donors (Lipinski definition) is 1. The molecule has 1 aromatic rings. The van der Waals surface area contributed by atoms with Crippen LogP contribution in [0.4, 0.5) is 0 Å². The lowest BCUT2D eigenvalue weighted by atomic mass is 10.0. The minimum absolute atomic E-state index is 0.399. The number of rotatable bonds is 5. The molecule has 1 heterocycles. The normalized spacial score (nSPS) is 18.0. The maximum Gasteiger partial charge on any atom is 0.125 e. The molecular weight excluding hydrogens is 302 g/mol. The fourth-order valence-electron chi connectivity index (χ4n) is 2.39. The van der Waals surface area contributed by atoms with Gasteiger partial charge in [0.25, 0.3) is 0 Å². The van der Waals surface area contributed by atoms with E-state index < -0.39 is 0 Å². The van der Waals surface area contributed by atoms with Gasteiger partial charge in [-0.05, 0) is 44.4 Å². The van der Waals surface area contributed by atoms with Gasteiger partial charge in [-0.1, -0.05) is 22.0 Å². The quantitative estimate of drug-likeness (QED) is 0.652. The number of halogens is 1. The molecule has 102 valence electrons. The first-order chi connectivity index (χ1) is 9.31. The zero-order valence-electron chi connectivity index (χ0n) is 11.1. The van der Waals surface area contributed by atoms with Crippen molar-refractivity contribution in [1.82, 2.24) is 5.32 Å². The Bertz CT molecular complexity index is 453. The van der Waals surface area contributed by atoms with E-state index in [2.05, 4.69) is 45.4 Å². The number of benzene rings is 1. The Morgan fingerprint density at radius 2 is 2.32 bits per heavy atom. The molecule has 1 unspecified atom stereocenters. The molecule has 0 spiro atoms. The molecule has 0 aliphatic carbocycles. The molecule has 1 N–H and O–H groups in total. The van der Waals surface area contributed by atoms with E-state index in [1.54, 1.807) is 0 Å². The number of fused-ring (bicyclic) bond motifs is 1. The summed E-state index contributed by atoms with van der Waals surface area (Å²) in [6.45, 7) is 1.82. The molecule has 0 aromatic heterocycles. The van der Waals surface area contributed by atoms with E-state index in [1.807, 2.05) is 0 Å².